The van der Waals surface area contributed by atoms with Crippen LogP contribution in [0, 0.1) is 0 Å². The predicted molar refractivity (Wildman–Crippen MR) is 380 cm³/mol. The van der Waals surface area contributed by atoms with Gasteiger partial charge in [-0.2, -0.15) is 0 Å². The molecule has 0 aromatic carbocycles. The van der Waals surface area contributed by atoms with Gasteiger partial charge in [-0.25, -0.2) is 0 Å². The van der Waals surface area contributed by atoms with Crippen LogP contribution >= 0.6 is 0 Å². The number of allylic oxidation sites excluding steroid dienone is 16. The number of carbonyl (C=O) groups excluding carboxylic acids is 3. The summed E-state index contributed by atoms with van der Waals surface area (Å²) in [5, 5.41) is 11.8. The van der Waals surface area contributed by atoms with Crippen LogP contribution < -0.4 is 5.11 Å². The molecule has 0 aliphatic rings. The molecule has 9 heteroatoms. The maximum Gasteiger partial charge on any atom is 0.306 e. The Kier molecular flexibility index (Phi) is 67.1. The van der Waals surface area contributed by atoms with Gasteiger partial charge in [0.1, 0.15) is 13.2 Å². The zero-order chi connectivity index (χ0) is 64.7. The molecule has 0 aromatic rings. The normalized spacial score (nSPS) is 13.2. The summed E-state index contributed by atoms with van der Waals surface area (Å²) in [5.41, 5.74) is 0. The molecule has 0 rings (SSSR count). The molecular weight excluding hydrogens is 1100 g/mol. The Morgan fingerprint density at radius 2 is 0.640 bits per heavy atom. The fourth-order valence-corrected chi connectivity index (χ4v) is 10.7. The second-order valence-electron chi connectivity index (χ2n) is 26.2. The number of hydrogen-bond donors (Lipinski definition) is 0. The van der Waals surface area contributed by atoms with Gasteiger partial charge in [0.15, 0.2) is 12.4 Å². The molecule has 514 valence electrons. The largest absolute Gasteiger partial charge is 0.545 e. The SMILES string of the molecule is CC/C=C\C/C=C\C/C=C\C/C=C\C/C=C\C/C=C\C/C=C\C/C=C\CCCCCCCCCCC(=O)OC(COC(=O)CCCCCCCCCCCCCCCCCCCCCCCCCCCCCCCCC)COC(OCC[N+](C)(C)C)C(=O)[O-]. The lowest BCUT2D eigenvalue weighted by Crippen LogP contribution is -2.44. The highest BCUT2D eigenvalue weighted by molar-refractivity contribution is 5.70. The molecule has 0 bridgehead atoms. The first-order chi connectivity index (χ1) is 43.6. The minimum absolute atomic E-state index is 0.143. The van der Waals surface area contributed by atoms with Crippen LogP contribution in [0.25, 0.3) is 0 Å². The zero-order valence-corrected chi connectivity index (χ0v) is 58.8. The van der Waals surface area contributed by atoms with Gasteiger partial charge in [0.25, 0.3) is 0 Å². The highest BCUT2D eigenvalue weighted by Crippen LogP contribution is 2.18. The van der Waals surface area contributed by atoms with E-state index in [1.54, 1.807) is 0 Å². The van der Waals surface area contributed by atoms with Crippen molar-refractivity contribution in [2.75, 3.05) is 47.5 Å². The molecule has 2 unspecified atom stereocenters. The summed E-state index contributed by atoms with van der Waals surface area (Å²) in [4.78, 5) is 37.5. The van der Waals surface area contributed by atoms with E-state index < -0.39 is 24.3 Å². The van der Waals surface area contributed by atoms with Crippen molar-refractivity contribution in [3.8, 4) is 0 Å². The summed E-state index contributed by atoms with van der Waals surface area (Å²) < 4.78 is 22.8. The number of hydrogen-bond acceptors (Lipinski definition) is 8. The summed E-state index contributed by atoms with van der Waals surface area (Å²) in [6, 6.07) is 0. The average Bonchev–Trinajstić information content (AvgIpc) is 3.64. The molecule has 0 fully saturated rings. The van der Waals surface area contributed by atoms with Gasteiger partial charge in [0.05, 0.1) is 40.3 Å². The van der Waals surface area contributed by atoms with Crippen LogP contribution in [-0.2, 0) is 33.3 Å². The van der Waals surface area contributed by atoms with Crippen molar-refractivity contribution < 1.29 is 42.9 Å². The quantitative estimate of drug-likeness (QED) is 0.0195. The molecule has 0 spiro atoms. The minimum Gasteiger partial charge on any atom is -0.545 e. The van der Waals surface area contributed by atoms with E-state index in [0.717, 1.165) is 96.3 Å². The lowest BCUT2D eigenvalue weighted by molar-refractivity contribution is -0.870. The smallest absolute Gasteiger partial charge is 0.306 e. The number of aliphatic carboxylic acids is 1. The number of ether oxygens (including phenoxy) is 4. The number of carbonyl (C=O) groups is 3. The van der Waals surface area contributed by atoms with Gasteiger partial charge in [-0.05, 0) is 77.0 Å². The highest BCUT2D eigenvalue weighted by Gasteiger charge is 2.22. The molecule has 0 radical (unpaired) electrons. The molecule has 0 saturated carbocycles. The number of unbranched alkanes of at least 4 members (excludes halogenated alkanes) is 38. The molecule has 0 aliphatic heterocycles. The van der Waals surface area contributed by atoms with Crippen molar-refractivity contribution in [1.29, 1.82) is 0 Å². The van der Waals surface area contributed by atoms with Crippen LogP contribution in [0.1, 0.15) is 335 Å². The molecule has 0 N–H and O–H groups in total. The number of carboxylic acid groups (broad SMARTS) is 1. The van der Waals surface area contributed by atoms with Crippen molar-refractivity contribution in [1.82, 2.24) is 0 Å². The van der Waals surface area contributed by atoms with Gasteiger partial charge >= 0.3 is 11.9 Å². The van der Waals surface area contributed by atoms with Gasteiger partial charge in [-0.15, -0.1) is 0 Å². The van der Waals surface area contributed by atoms with Gasteiger partial charge < -0.3 is 33.3 Å². The molecule has 0 saturated heterocycles. The number of quaternary nitrogens is 1. The summed E-state index contributed by atoms with van der Waals surface area (Å²) >= 11 is 0. The first-order valence-corrected chi connectivity index (χ1v) is 37.4. The standard InChI is InChI=1S/C80H141NO8/c1-6-8-10-12-14-16-18-20-22-24-26-28-30-32-34-36-38-39-41-43-45-47-49-51-53-55-57-59-61-63-65-67-69-71-78(83)89-76(75-88-80(79(84)85)86-73-72-81(3,4)5)74-87-77(82)70-68-66-64-62-60-58-56-54-52-50-48-46-44-42-40-37-35-33-31-29-27-25-23-21-19-17-15-13-11-9-7-2/h8,10,14,16,20,22,26,28,32,34,38-39,43,45,49,51,76,80H,6-7,9,11-13,15,17-19,21,23-25,27,29-31,33,35-37,40-42,44,46-48,50,52-75H2,1-5H3/b10-8-,16-14-,22-20-,28-26-,34-32-,39-38-,45-43-,51-49-. The molecule has 0 aliphatic carbocycles. The summed E-state index contributed by atoms with van der Waals surface area (Å²) in [7, 11) is 5.93. The van der Waals surface area contributed by atoms with E-state index in [1.807, 2.05) is 21.1 Å². The Hall–Kier alpha value is -3.79. The molecule has 0 amide bonds. The van der Waals surface area contributed by atoms with Crippen molar-refractivity contribution in [2.24, 2.45) is 0 Å². The number of likely N-dealkylation sites (N-methyl/N-ethyl adjacent to an activating group) is 1. The van der Waals surface area contributed by atoms with Crippen LogP contribution in [0.2, 0.25) is 0 Å². The van der Waals surface area contributed by atoms with E-state index in [9.17, 15) is 19.5 Å². The summed E-state index contributed by atoms with van der Waals surface area (Å²) in [6.45, 7) is 4.67. The summed E-state index contributed by atoms with van der Waals surface area (Å²) in [5.74, 6) is -2.28. The third-order valence-corrected chi connectivity index (χ3v) is 16.3. The van der Waals surface area contributed by atoms with Crippen LogP contribution in [-0.4, -0.2) is 82.3 Å². The lowest BCUT2D eigenvalue weighted by Gasteiger charge is -2.26. The second-order valence-corrected chi connectivity index (χ2v) is 26.2. The van der Waals surface area contributed by atoms with E-state index >= 15 is 0 Å². The fraction of sp³-hybridized carbons (Fsp3) is 0.762. The van der Waals surface area contributed by atoms with Crippen LogP contribution in [0.15, 0.2) is 97.2 Å². The molecule has 9 nitrogen and oxygen atoms in total. The van der Waals surface area contributed by atoms with Gasteiger partial charge in [-0.1, -0.05) is 342 Å². The molecule has 89 heavy (non-hydrogen) atoms. The molecule has 2 atom stereocenters. The Bertz CT molecular complexity index is 1790. The van der Waals surface area contributed by atoms with E-state index in [1.165, 1.54) is 205 Å². The zero-order valence-electron chi connectivity index (χ0n) is 58.8. The summed E-state index contributed by atoms with van der Waals surface area (Å²) in [6.07, 6.45) is 93.6. The van der Waals surface area contributed by atoms with Crippen molar-refractivity contribution in [3.05, 3.63) is 97.2 Å². The molecule has 0 aromatic heterocycles. The van der Waals surface area contributed by atoms with E-state index in [4.69, 9.17) is 18.9 Å². The number of esters is 2. The number of rotatable bonds is 69. The Morgan fingerprint density at radius 1 is 0.348 bits per heavy atom. The highest BCUT2D eigenvalue weighted by atomic mass is 16.7. The van der Waals surface area contributed by atoms with Gasteiger partial charge in [0, 0.05) is 12.8 Å². The molecular formula is C80H141NO8. The van der Waals surface area contributed by atoms with Crippen LogP contribution in [0.4, 0.5) is 0 Å². The van der Waals surface area contributed by atoms with Crippen LogP contribution in [0.5, 0.6) is 0 Å². The first-order valence-electron chi connectivity index (χ1n) is 37.4. The second kappa shape index (κ2) is 70.1. The van der Waals surface area contributed by atoms with E-state index in [2.05, 4.69) is 111 Å². The van der Waals surface area contributed by atoms with Crippen molar-refractivity contribution in [2.45, 2.75) is 347 Å². The number of carboxylic acids is 1. The maximum atomic E-state index is 12.9. The fourth-order valence-electron chi connectivity index (χ4n) is 10.7. The Labute approximate surface area is 550 Å². The van der Waals surface area contributed by atoms with Gasteiger partial charge in [-0.3, -0.25) is 9.59 Å². The molecule has 0 heterocycles. The lowest BCUT2D eigenvalue weighted by atomic mass is 10.0. The van der Waals surface area contributed by atoms with Crippen molar-refractivity contribution >= 4 is 17.9 Å². The van der Waals surface area contributed by atoms with Gasteiger partial charge in [0.2, 0.25) is 0 Å². The van der Waals surface area contributed by atoms with E-state index in [0.29, 0.717) is 23.9 Å². The first kappa shape index (κ1) is 85.2. The third-order valence-electron chi connectivity index (χ3n) is 16.3. The monoisotopic (exact) mass is 1240 g/mol. The topological polar surface area (TPSA) is 111 Å². The third kappa shape index (κ3) is 71.5. The number of nitrogens with zero attached hydrogens (tertiary/aromatic N) is 1. The maximum absolute atomic E-state index is 12.9. The Morgan fingerprint density at radius 3 is 0.955 bits per heavy atom. The van der Waals surface area contributed by atoms with E-state index in [-0.39, 0.29) is 32.2 Å². The van der Waals surface area contributed by atoms with Crippen molar-refractivity contribution in [3.63, 3.8) is 0 Å². The predicted octanol–water partition coefficient (Wildman–Crippen LogP) is 22.3. The van der Waals surface area contributed by atoms with Crippen LogP contribution in [0.3, 0.4) is 0 Å². The average molecular weight is 1250 g/mol. The Balaban J connectivity index is 4.11. The minimum atomic E-state index is -1.63.